The summed E-state index contributed by atoms with van der Waals surface area (Å²) >= 11 is 5.87. The molecule has 2 N–H and O–H groups in total. The Balaban J connectivity index is 1.75. The highest BCUT2D eigenvalue weighted by Crippen LogP contribution is 2.25. The van der Waals surface area contributed by atoms with Gasteiger partial charge in [0, 0.05) is 37.3 Å². The Kier molecular flexibility index (Phi) is 6.48. The molecule has 178 valence electrons. The first-order chi connectivity index (χ1) is 16.7. The summed E-state index contributed by atoms with van der Waals surface area (Å²) in [5.41, 5.74) is -0.705. The lowest BCUT2D eigenvalue weighted by molar-refractivity contribution is -0.139. The molecule has 0 saturated carbocycles. The quantitative estimate of drug-likeness (QED) is 0.422. The van der Waals surface area contributed by atoms with E-state index in [1.54, 1.807) is 36.4 Å². The van der Waals surface area contributed by atoms with Crippen molar-refractivity contribution in [3.63, 3.8) is 0 Å². The first-order valence-corrected chi connectivity index (χ1v) is 10.7. The van der Waals surface area contributed by atoms with Gasteiger partial charge in [0.05, 0.1) is 22.5 Å². The summed E-state index contributed by atoms with van der Waals surface area (Å²) in [6.07, 6.45) is 3.10. The SMILES string of the molecule is Cn1ccc(=O)n(-c2cccc3c(C[C@H](NC(=O)c4c(F)cncc4Cl)C(=O)O)cccc23)c1=O. The van der Waals surface area contributed by atoms with Crippen LogP contribution in [0.2, 0.25) is 5.02 Å². The van der Waals surface area contributed by atoms with Gasteiger partial charge in [0.1, 0.15) is 6.04 Å². The van der Waals surface area contributed by atoms with Crippen molar-refractivity contribution < 1.29 is 19.1 Å². The summed E-state index contributed by atoms with van der Waals surface area (Å²) in [4.78, 5) is 53.2. The van der Waals surface area contributed by atoms with Crippen LogP contribution in [-0.2, 0) is 18.3 Å². The summed E-state index contributed by atoms with van der Waals surface area (Å²) in [6, 6.07) is 9.83. The van der Waals surface area contributed by atoms with E-state index >= 15 is 0 Å². The fourth-order valence-corrected chi connectivity index (χ4v) is 4.03. The van der Waals surface area contributed by atoms with E-state index in [0.29, 0.717) is 22.0 Å². The van der Waals surface area contributed by atoms with Crippen LogP contribution >= 0.6 is 11.6 Å². The van der Waals surface area contributed by atoms with Crippen LogP contribution in [0.25, 0.3) is 16.5 Å². The zero-order chi connectivity index (χ0) is 25.3. The molecule has 2 heterocycles. The number of halogens is 2. The van der Waals surface area contributed by atoms with E-state index in [0.717, 1.165) is 17.0 Å². The van der Waals surface area contributed by atoms with E-state index in [9.17, 15) is 28.7 Å². The summed E-state index contributed by atoms with van der Waals surface area (Å²) in [7, 11) is 1.52. The molecular formula is C24H18ClFN4O5. The number of pyridine rings is 1. The molecule has 35 heavy (non-hydrogen) atoms. The maximum absolute atomic E-state index is 14.1. The number of carboxylic acids is 1. The van der Waals surface area contributed by atoms with Crippen molar-refractivity contribution >= 4 is 34.2 Å². The lowest BCUT2D eigenvalue weighted by atomic mass is 9.97. The number of aryl methyl sites for hydroxylation is 1. The van der Waals surface area contributed by atoms with E-state index in [-0.39, 0.29) is 11.4 Å². The van der Waals surface area contributed by atoms with Crippen molar-refractivity contribution in [2.75, 3.05) is 0 Å². The molecule has 2 aromatic carbocycles. The van der Waals surface area contributed by atoms with Crippen molar-refractivity contribution in [1.29, 1.82) is 0 Å². The van der Waals surface area contributed by atoms with Crippen LogP contribution in [0.1, 0.15) is 15.9 Å². The molecule has 2 aromatic heterocycles. The smallest absolute Gasteiger partial charge is 0.335 e. The Morgan fingerprint density at radius 1 is 1.11 bits per heavy atom. The van der Waals surface area contributed by atoms with E-state index in [4.69, 9.17) is 11.6 Å². The average molecular weight is 497 g/mol. The van der Waals surface area contributed by atoms with Crippen LogP contribution in [0.4, 0.5) is 4.39 Å². The van der Waals surface area contributed by atoms with Crippen molar-refractivity contribution in [3.05, 3.63) is 104 Å². The number of rotatable bonds is 6. The predicted octanol–water partition coefficient (Wildman–Crippen LogP) is 2.30. The number of amides is 1. The lowest BCUT2D eigenvalue weighted by Gasteiger charge is -2.17. The number of fused-ring (bicyclic) bond motifs is 1. The van der Waals surface area contributed by atoms with Gasteiger partial charge in [-0.2, -0.15) is 0 Å². The number of hydrogen-bond acceptors (Lipinski definition) is 5. The highest BCUT2D eigenvalue weighted by Gasteiger charge is 2.25. The monoisotopic (exact) mass is 496 g/mol. The third kappa shape index (κ3) is 4.56. The van der Waals surface area contributed by atoms with Gasteiger partial charge in [0.2, 0.25) is 0 Å². The number of carbonyl (C=O) groups excluding carboxylic acids is 1. The van der Waals surface area contributed by atoms with Gasteiger partial charge in [0.15, 0.2) is 5.82 Å². The number of hydrogen-bond donors (Lipinski definition) is 2. The molecule has 0 bridgehead atoms. The summed E-state index contributed by atoms with van der Waals surface area (Å²) in [5, 5.41) is 12.9. The Labute approximate surface area is 202 Å². The van der Waals surface area contributed by atoms with E-state index in [1.165, 1.54) is 23.9 Å². The number of nitrogens with zero attached hydrogens (tertiary/aromatic N) is 3. The van der Waals surface area contributed by atoms with Crippen LogP contribution in [0.5, 0.6) is 0 Å². The Bertz CT molecular complexity index is 1580. The molecule has 0 aliphatic carbocycles. The normalized spacial score (nSPS) is 11.9. The van der Waals surface area contributed by atoms with Gasteiger partial charge < -0.3 is 15.0 Å². The fraction of sp³-hybridized carbons (Fsp3) is 0.125. The number of aliphatic carboxylic acids is 1. The summed E-state index contributed by atoms with van der Waals surface area (Å²) < 4.78 is 16.4. The minimum Gasteiger partial charge on any atom is -0.480 e. The predicted molar refractivity (Wildman–Crippen MR) is 127 cm³/mol. The van der Waals surface area contributed by atoms with E-state index < -0.39 is 40.5 Å². The van der Waals surface area contributed by atoms with Crippen LogP contribution in [0, 0.1) is 5.82 Å². The van der Waals surface area contributed by atoms with Crippen molar-refractivity contribution in [2.24, 2.45) is 7.05 Å². The minimum atomic E-state index is -1.42. The van der Waals surface area contributed by atoms with Gasteiger partial charge in [-0.1, -0.05) is 41.9 Å². The van der Waals surface area contributed by atoms with Crippen molar-refractivity contribution in [2.45, 2.75) is 12.5 Å². The van der Waals surface area contributed by atoms with Gasteiger partial charge in [-0.3, -0.25) is 14.6 Å². The third-order valence-corrected chi connectivity index (χ3v) is 5.78. The molecule has 1 amide bonds. The second kappa shape index (κ2) is 9.51. The topological polar surface area (TPSA) is 123 Å². The number of carboxylic acid groups (broad SMARTS) is 1. The molecule has 0 aliphatic rings. The summed E-state index contributed by atoms with van der Waals surface area (Å²) in [6.45, 7) is 0. The van der Waals surface area contributed by atoms with Crippen molar-refractivity contribution in [1.82, 2.24) is 19.4 Å². The standard InChI is InChI=1S/C24H18ClFN4O5/c1-29-9-8-20(31)30(24(29)35)19-7-3-5-14-13(4-2-6-15(14)19)10-18(23(33)34)28-22(32)21-16(25)11-27-12-17(21)26/h2-9,11-12,18H,10H2,1H3,(H,28,32)(H,33,34)/t18-/m0/s1. The maximum atomic E-state index is 14.1. The Morgan fingerprint density at radius 2 is 1.83 bits per heavy atom. The molecule has 0 unspecified atom stereocenters. The number of carbonyl (C=O) groups is 2. The highest BCUT2D eigenvalue weighted by molar-refractivity contribution is 6.33. The van der Waals surface area contributed by atoms with E-state index in [2.05, 4.69) is 10.3 Å². The van der Waals surface area contributed by atoms with Gasteiger partial charge >= 0.3 is 11.7 Å². The molecule has 0 saturated heterocycles. The molecule has 1 atom stereocenters. The molecule has 0 radical (unpaired) electrons. The van der Waals surface area contributed by atoms with Gasteiger partial charge in [-0.15, -0.1) is 0 Å². The average Bonchev–Trinajstić information content (AvgIpc) is 2.81. The first-order valence-electron chi connectivity index (χ1n) is 10.3. The molecule has 9 nitrogen and oxygen atoms in total. The molecule has 4 aromatic rings. The molecule has 0 spiro atoms. The van der Waals surface area contributed by atoms with Gasteiger partial charge in [-0.05, 0) is 17.0 Å². The molecule has 11 heteroatoms. The van der Waals surface area contributed by atoms with Gasteiger partial charge in [0.25, 0.3) is 11.5 Å². The molecule has 4 rings (SSSR count). The number of aromatic nitrogens is 3. The third-order valence-electron chi connectivity index (χ3n) is 5.49. The van der Waals surface area contributed by atoms with E-state index in [1.807, 2.05) is 0 Å². The molecular weight excluding hydrogens is 479 g/mol. The van der Waals surface area contributed by atoms with Crippen LogP contribution in [0.15, 0.2) is 70.6 Å². The lowest BCUT2D eigenvalue weighted by Crippen LogP contribution is -2.42. The summed E-state index contributed by atoms with van der Waals surface area (Å²) in [5.74, 6) is -3.32. The zero-order valence-electron chi connectivity index (χ0n) is 18.2. The van der Waals surface area contributed by atoms with Crippen LogP contribution in [-0.4, -0.2) is 37.1 Å². The van der Waals surface area contributed by atoms with Gasteiger partial charge in [-0.25, -0.2) is 18.5 Å². The highest BCUT2D eigenvalue weighted by atomic mass is 35.5. The Hall–Kier alpha value is -4.31. The minimum absolute atomic E-state index is 0.159. The van der Waals surface area contributed by atoms with Crippen molar-refractivity contribution in [3.8, 4) is 5.69 Å². The number of nitrogens with one attached hydrogen (secondary N) is 1. The fourth-order valence-electron chi connectivity index (χ4n) is 3.80. The molecule has 0 aliphatic heterocycles. The second-order valence-corrected chi connectivity index (χ2v) is 8.13. The number of benzene rings is 2. The second-order valence-electron chi connectivity index (χ2n) is 7.72. The Morgan fingerprint density at radius 3 is 2.54 bits per heavy atom. The van der Waals surface area contributed by atoms with Crippen LogP contribution < -0.4 is 16.6 Å². The first kappa shape index (κ1) is 23.8. The largest absolute Gasteiger partial charge is 0.480 e. The maximum Gasteiger partial charge on any atom is 0.335 e. The molecule has 0 fully saturated rings. The zero-order valence-corrected chi connectivity index (χ0v) is 19.0. The van der Waals surface area contributed by atoms with Crippen LogP contribution in [0.3, 0.4) is 0 Å².